The minimum Gasteiger partial charge on any atom is -0.385 e. The highest BCUT2D eigenvalue weighted by Crippen LogP contribution is 2.26. The Balaban J connectivity index is 1.68. The average molecular weight is 230 g/mol. The minimum atomic E-state index is 0.431. The molecule has 17 heavy (non-hydrogen) atoms. The number of benzene rings is 1. The summed E-state index contributed by atoms with van der Waals surface area (Å²) in [7, 11) is 2.01. The lowest BCUT2D eigenvalue weighted by Crippen LogP contribution is -2.39. The van der Waals surface area contributed by atoms with E-state index in [-0.39, 0.29) is 0 Å². The van der Waals surface area contributed by atoms with E-state index in [0.29, 0.717) is 6.04 Å². The first-order valence-electron chi connectivity index (χ1n) is 6.13. The number of imidazole rings is 1. The van der Waals surface area contributed by atoms with Crippen LogP contribution < -0.4 is 11.1 Å². The lowest BCUT2D eigenvalue weighted by molar-refractivity contribution is 0.280. The first-order chi connectivity index (χ1) is 8.22. The zero-order valence-electron chi connectivity index (χ0n) is 10.1. The van der Waals surface area contributed by atoms with Crippen LogP contribution in [0, 0.1) is 5.92 Å². The van der Waals surface area contributed by atoms with E-state index in [4.69, 9.17) is 5.73 Å². The summed E-state index contributed by atoms with van der Waals surface area (Å²) in [6, 6.07) is 6.76. The molecular weight excluding hydrogens is 212 g/mol. The summed E-state index contributed by atoms with van der Waals surface area (Å²) in [6.45, 7) is 1.02. The molecule has 4 heteroatoms. The Morgan fingerprint density at radius 1 is 1.47 bits per heavy atom. The van der Waals surface area contributed by atoms with Gasteiger partial charge in [-0.15, -0.1) is 0 Å². The molecule has 2 aromatic rings. The van der Waals surface area contributed by atoms with Crippen LogP contribution in [-0.2, 0) is 7.05 Å². The van der Waals surface area contributed by atoms with Crippen molar-refractivity contribution < 1.29 is 0 Å². The molecule has 3 N–H and O–H groups in total. The van der Waals surface area contributed by atoms with Crippen LogP contribution in [0.15, 0.2) is 24.5 Å². The molecule has 1 aliphatic rings. The van der Waals surface area contributed by atoms with Gasteiger partial charge in [0.1, 0.15) is 0 Å². The Kier molecular flexibility index (Phi) is 2.52. The number of hydrogen-bond acceptors (Lipinski definition) is 3. The van der Waals surface area contributed by atoms with Crippen molar-refractivity contribution in [3.63, 3.8) is 0 Å². The van der Waals surface area contributed by atoms with Crippen LogP contribution in [0.2, 0.25) is 0 Å². The Bertz CT molecular complexity index is 525. The Morgan fingerprint density at radius 2 is 2.29 bits per heavy atom. The highest BCUT2D eigenvalue weighted by atomic mass is 15.0. The van der Waals surface area contributed by atoms with Gasteiger partial charge in [-0.3, -0.25) is 0 Å². The molecular formula is C13H18N4. The summed E-state index contributed by atoms with van der Waals surface area (Å²) in [5.41, 5.74) is 9.14. The fourth-order valence-electron chi connectivity index (χ4n) is 2.46. The Hall–Kier alpha value is -1.55. The molecule has 0 aliphatic heterocycles. The van der Waals surface area contributed by atoms with Crippen molar-refractivity contribution in [2.45, 2.75) is 18.9 Å². The second-order valence-electron chi connectivity index (χ2n) is 5.04. The first-order valence-corrected chi connectivity index (χ1v) is 6.13. The molecule has 3 rings (SSSR count). The second-order valence-corrected chi connectivity index (χ2v) is 5.04. The van der Waals surface area contributed by atoms with Crippen molar-refractivity contribution in [1.82, 2.24) is 9.55 Å². The number of anilines is 1. The first kappa shape index (κ1) is 10.6. The molecule has 0 unspecified atom stereocenters. The quantitative estimate of drug-likeness (QED) is 0.844. The Labute approximate surface area is 101 Å². The van der Waals surface area contributed by atoms with E-state index in [2.05, 4.69) is 28.5 Å². The van der Waals surface area contributed by atoms with Gasteiger partial charge >= 0.3 is 0 Å². The van der Waals surface area contributed by atoms with E-state index in [1.165, 1.54) is 5.52 Å². The highest BCUT2D eigenvalue weighted by molar-refractivity contribution is 5.79. The Morgan fingerprint density at radius 3 is 3.06 bits per heavy atom. The zero-order chi connectivity index (χ0) is 11.8. The number of rotatable bonds is 3. The van der Waals surface area contributed by atoms with Crippen LogP contribution in [0.3, 0.4) is 0 Å². The summed E-state index contributed by atoms with van der Waals surface area (Å²) in [6.07, 6.45) is 4.15. The smallest absolute Gasteiger partial charge is 0.0955 e. The maximum Gasteiger partial charge on any atom is 0.0955 e. The van der Waals surface area contributed by atoms with Gasteiger partial charge in [0, 0.05) is 25.3 Å². The third-order valence-electron chi connectivity index (χ3n) is 3.59. The predicted molar refractivity (Wildman–Crippen MR) is 69.9 cm³/mol. The topological polar surface area (TPSA) is 55.9 Å². The number of aromatic nitrogens is 2. The maximum absolute atomic E-state index is 5.77. The number of nitrogens with zero attached hydrogens (tertiary/aromatic N) is 2. The number of hydrogen-bond donors (Lipinski definition) is 2. The largest absolute Gasteiger partial charge is 0.385 e. The molecule has 0 saturated heterocycles. The molecule has 1 heterocycles. The van der Waals surface area contributed by atoms with Gasteiger partial charge in [0.25, 0.3) is 0 Å². The van der Waals surface area contributed by atoms with Crippen molar-refractivity contribution in [2.24, 2.45) is 18.7 Å². The lowest BCUT2D eigenvalue weighted by atomic mass is 9.81. The zero-order valence-corrected chi connectivity index (χ0v) is 10.1. The molecule has 0 amide bonds. The van der Waals surface area contributed by atoms with Crippen LogP contribution in [0.4, 0.5) is 5.69 Å². The molecule has 0 atom stereocenters. The standard InChI is InChI=1S/C13H18N4/c1-17-8-16-12-6-11(2-3-13(12)17)15-7-9-4-10(14)5-9/h2-3,6,8-10,15H,4-5,7,14H2,1H3. The van der Waals surface area contributed by atoms with Gasteiger partial charge in [-0.1, -0.05) is 0 Å². The van der Waals surface area contributed by atoms with Crippen molar-refractivity contribution in [3.8, 4) is 0 Å². The van der Waals surface area contributed by atoms with Crippen LogP contribution in [0.5, 0.6) is 0 Å². The van der Waals surface area contributed by atoms with E-state index < -0.39 is 0 Å². The summed E-state index contributed by atoms with van der Waals surface area (Å²) < 4.78 is 2.03. The molecule has 1 fully saturated rings. The van der Waals surface area contributed by atoms with Crippen molar-refractivity contribution >= 4 is 16.7 Å². The third-order valence-corrected chi connectivity index (χ3v) is 3.59. The van der Waals surface area contributed by atoms with Crippen LogP contribution in [0.25, 0.3) is 11.0 Å². The number of nitrogens with one attached hydrogen (secondary N) is 1. The van der Waals surface area contributed by atoms with Gasteiger partial charge < -0.3 is 15.6 Å². The molecule has 1 aromatic carbocycles. The van der Waals surface area contributed by atoms with Crippen molar-refractivity contribution in [1.29, 1.82) is 0 Å². The molecule has 1 aliphatic carbocycles. The normalized spacial score (nSPS) is 23.6. The molecule has 0 spiro atoms. The third kappa shape index (κ3) is 2.00. The van der Waals surface area contributed by atoms with Gasteiger partial charge in [-0.25, -0.2) is 4.98 Å². The monoisotopic (exact) mass is 230 g/mol. The molecule has 0 radical (unpaired) electrons. The summed E-state index contributed by atoms with van der Waals surface area (Å²) in [5, 5.41) is 3.46. The van der Waals surface area contributed by atoms with Crippen LogP contribution in [0.1, 0.15) is 12.8 Å². The van der Waals surface area contributed by atoms with Crippen LogP contribution >= 0.6 is 0 Å². The number of nitrogens with two attached hydrogens (primary N) is 1. The van der Waals surface area contributed by atoms with Gasteiger partial charge in [0.15, 0.2) is 0 Å². The second kappa shape index (κ2) is 4.04. The van der Waals surface area contributed by atoms with Crippen LogP contribution in [-0.4, -0.2) is 22.1 Å². The maximum atomic E-state index is 5.77. The summed E-state index contributed by atoms with van der Waals surface area (Å²) in [4.78, 5) is 4.36. The van der Waals surface area contributed by atoms with E-state index in [9.17, 15) is 0 Å². The minimum absolute atomic E-state index is 0.431. The highest BCUT2D eigenvalue weighted by Gasteiger charge is 2.25. The summed E-state index contributed by atoms with van der Waals surface area (Å²) in [5.74, 6) is 0.740. The van der Waals surface area contributed by atoms with Gasteiger partial charge in [0.05, 0.1) is 17.4 Å². The molecule has 1 saturated carbocycles. The van der Waals surface area contributed by atoms with Crippen molar-refractivity contribution in [3.05, 3.63) is 24.5 Å². The average Bonchev–Trinajstić information content (AvgIpc) is 2.65. The van der Waals surface area contributed by atoms with E-state index in [1.54, 1.807) is 0 Å². The predicted octanol–water partition coefficient (Wildman–Crippen LogP) is 1.72. The summed E-state index contributed by atoms with van der Waals surface area (Å²) >= 11 is 0. The molecule has 1 aromatic heterocycles. The van der Waals surface area contributed by atoms with Crippen molar-refractivity contribution in [2.75, 3.05) is 11.9 Å². The molecule has 4 nitrogen and oxygen atoms in total. The van der Waals surface area contributed by atoms with Gasteiger partial charge in [0.2, 0.25) is 0 Å². The van der Waals surface area contributed by atoms with E-state index in [1.807, 2.05) is 17.9 Å². The van der Waals surface area contributed by atoms with E-state index >= 15 is 0 Å². The molecule has 90 valence electrons. The van der Waals surface area contributed by atoms with Gasteiger partial charge in [-0.2, -0.15) is 0 Å². The number of fused-ring (bicyclic) bond motifs is 1. The fraction of sp³-hybridized carbons (Fsp3) is 0.462. The van der Waals surface area contributed by atoms with E-state index in [0.717, 1.165) is 36.5 Å². The fourth-order valence-corrected chi connectivity index (χ4v) is 2.46. The number of aryl methyl sites for hydroxylation is 1. The lowest BCUT2D eigenvalue weighted by Gasteiger charge is -2.32. The SMILES string of the molecule is Cn1cnc2cc(NCC3CC(N)C3)ccc21. The van der Waals surface area contributed by atoms with Gasteiger partial charge in [-0.05, 0) is 37.0 Å². The molecule has 0 bridgehead atoms.